The zero-order valence-electron chi connectivity index (χ0n) is 27.8. The van der Waals surface area contributed by atoms with Gasteiger partial charge in [-0.25, -0.2) is 4.98 Å². The Morgan fingerprint density at radius 3 is 2.30 bits per heavy atom. The molecule has 1 amide bonds. The number of amidine groups is 1. The maximum atomic E-state index is 13.5. The number of benzene rings is 1. The zero-order chi connectivity index (χ0) is 33.2. The lowest BCUT2D eigenvalue weighted by atomic mass is 9.67. The molecule has 2 aliphatic carbocycles. The summed E-state index contributed by atoms with van der Waals surface area (Å²) in [5, 5.41) is 0. The highest BCUT2D eigenvalue weighted by atomic mass is 19.4. The SMILES string of the molecule is CC1CC(C(=O)N=C(N)c2ccc(C(F)(F)F)nc2C2(C)CCC2)CCN1c1cc(B2OC(C)(C)C(C)(C)O2)ccc1CC1CC1. The second kappa shape index (κ2) is 11.7. The summed E-state index contributed by atoms with van der Waals surface area (Å²) < 4.78 is 53.3. The van der Waals surface area contributed by atoms with Gasteiger partial charge in [-0.1, -0.05) is 25.5 Å². The van der Waals surface area contributed by atoms with Gasteiger partial charge in [-0.3, -0.25) is 4.79 Å². The fourth-order valence-corrected chi connectivity index (χ4v) is 7.03. The summed E-state index contributed by atoms with van der Waals surface area (Å²) in [7, 11) is -0.461. The van der Waals surface area contributed by atoms with Crippen LogP contribution in [0.2, 0.25) is 0 Å². The van der Waals surface area contributed by atoms with Gasteiger partial charge in [-0.2, -0.15) is 18.2 Å². The molecule has 2 aliphatic heterocycles. The average molecular weight is 639 g/mol. The summed E-state index contributed by atoms with van der Waals surface area (Å²) in [6.07, 6.45) is 2.47. The molecule has 0 bridgehead atoms. The van der Waals surface area contributed by atoms with E-state index in [1.165, 1.54) is 24.5 Å². The molecule has 2 unspecified atom stereocenters. The molecule has 2 saturated carbocycles. The standard InChI is InChI=1S/C35H46BF3N4O3/c1-21-18-24(31(44)42-30(40)26-12-13-28(35(37,38)39)41-29(26)34(6)15-7-16-34)14-17-43(21)27-20-25(11-10-23(27)19-22-8-9-22)36-45-32(2,3)33(4,5)46-36/h10-13,20-22,24H,7-9,14-19H2,1-6H3,(H2,40,42,44). The number of halogens is 3. The van der Waals surface area contributed by atoms with Crippen molar-refractivity contribution >= 4 is 30.0 Å². The Kier molecular flexibility index (Phi) is 8.36. The van der Waals surface area contributed by atoms with Crippen LogP contribution in [-0.2, 0) is 32.1 Å². The van der Waals surface area contributed by atoms with Crippen molar-refractivity contribution in [1.29, 1.82) is 0 Å². The first kappa shape index (κ1) is 33.0. The normalized spacial score (nSPS) is 25.8. The molecule has 1 aromatic heterocycles. The average Bonchev–Trinajstić information content (AvgIpc) is 3.75. The Labute approximate surface area is 270 Å². The molecular weight excluding hydrogens is 592 g/mol. The van der Waals surface area contributed by atoms with Crippen molar-refractivity contribution in [3.63, 3.8) is 0 Å². The number of alkyl halides is 3. The number of carbonyl (C=O) groups excluding carboxylic acids is 1. The van der Waals surface area contributed by atoms with Gasteiger partial charge in [-0.05, 0) is 115 Å². The van der Waals surface area contributed by atoms with Crippen molar-refractivity contribution in [3.8, 4) is 0 Å². The highest BCUT2D eigenvalue weighted by molar-refractivity contribution is 6.62. The number of hydrogen-bond donors (Lipinski definition) is 1. The van der Waals surface area contributed by atoms with E-state index in [1.807, 2.05) is 6.92 Å². The van der Waals surface area contributed by atoms with E-state index in [2.05, 4.69) is 67.7 Å². The number of rotatable bonds is 7. The van der Waals surface area contributed by atoms with Crippen LogP contribution >= 0.6 is 0 Å². The van der Waals surface area contributed by atoms with Crippen molar-refractivity contribution in [2.24, 2.45) is 22.6 Å². The van der Waals surface area contributed by atoms with Gasteiger partial charge >= 0.3 is 13.3 Å². The molecule has 2 atom stereocenters. The van der Waals surface area contributed by atoms with Crippen molar-refractivity contribution in [3.05, 3.63) is 52.8 Å². The minimum atomic E-state index is -4.57. The van der Waals surface area contributed by atoms with Crippen LogP contribution in [-0.4, -0.2) is 47.6 Å². The predicted octanol–water partition coefficient (Wildman–Crippen LogP) is 6.33. The number of nitrogens with zero attached hydrogens (tertiary/aromatic N) is 3. The molecule has 248 valence electrons. The Morgan fingerprint density at radius 1 is 1.07 bits per heavy atom. The lowest BCUT2D eigenvalue weighted by Crippen LogP contribution is -2.44. The maximum Gasteiger partial charge on any atom is 0.494 e. The number of amides is 1. The van der Waals surface area contributed by atoms with E-state index < -0.39 is 35.6 Å². The molecule has 6 rings (SSSR count). The van der Waals surface area contributed by atoms with Crippen molar-refractivity contribution in [1.82, 2.24) is 4.98 Å². The maximum absolute atomic E-state index is 13.5. The number of anilines is 1. The quantitative estimate of drug-likeness (QED) is 0.217. The molecule has 2 saturated heterocycles. The first-order chi connectivity index (χ1) is 21.5. The number of aliphatic imine (C=N–C) groups is 1. The van der Waals surface area contributed by atoms with Gasteiger partial charge in [0.25, 0.3) is 5.91 Å². The van der Waals surface area contributed by atoms with Crippen LogP contribution in [0.5, 0.6) is 0 Å². The van der Waals surface area contributed by atoms with E-state index in [4.69, 9.17) is 15.0 Å². The largest absolute Gasteiger partial charge is 0.494 e. The van der Waals surface area contributed by atoms with Crippen molar-refractivity contribution in [2.45, 2.75) is 122 Å². The minimum absolute atomic E-state index is 0.0582. The van der Waals surface area contributed by atoms with Gasteiger partial charge in [0.2, 0.25) is 0 Å². The molecular formula is C35H46BF3N4O3. The summed E-state index contributed by atoms with van der Waals surface area (Å²) >= 11 is 0. The summed E-state index contributed by atoms with van der Waals surface area (Å²) in [5.74, 6) is -0.0305. The summed E-state index contributed by atoms with van der Waals surface area (Å²) in [5.41, 5.74) is 8.03. The smallest absolute Gasteiger partial charge is 0.399 e. The Bertz CT molecular complexity index is 1520. The first-order valence-electron chi connectivity index (χ1n) is 16.7. The van der Waals surface area contributed by atoms with E-state index in [1.54, 1.807) is 0 Å². The number of carbonyl (C=O) groups is 1. The van der Waals surface area contributed by atoms with Crippen LogP contribution in [0.3, 0.4) is 0 Å². The van der Waals surface area contributed by atoms with E-state index in [9.17, 15) is 18.0 Å². The summed E-state index contributed by atoms with van der Waals surface area (Å²) in [6.45, 7) is 12.9. The van der Waals surface area contributed by atoms with Gasteiger partial charge in [0, 0.05) is 35.2 Å². The van der Waals surface area contributed by atoms with Crippen molar-refractivity contribution < 1.29 is 27.3 Å². The zero-order valence-corrected chi connectivity index (χ0v) is 27.8. The van der Waals surface area contributed by atoms with Crippen LogP contribution in [0.4, 0.5) is 18.9 Å². The molecule has 2 N–H and O–H groups in total. The Balaban J connectivity index is 1.21. The lowest BCUT2D eigenvalue weighted by molar-refractivity contribution is -0.141. The predicted molar refractivity (Wildman–Crippen MR) is 174 cm³/mol. The van der Waals surface area contributed by atoms with Crippen LogP contribution in [0.1, 0.15) is 109 Å². The number of piperidine rings is 1. The molecule has 46 heavy (non-hydrogen) atoms. The monoisotopic (exact) mass is 638 g/mol. The van der Waals surface area contributed by atoms with Gasteiger partial charge in [0.15, 0.2) is 0 Å². The van der Waals surface area contributed by atoms with E-state index in [-0.39, 0.29) is 29.4 Å². The molecule has 0 spiro atoms. The Hall–Kier alpha value is -2.92. The Morgan fingerprint density at radius 2 is 1.74 bits per heavy atom. The molecule has 4 fully saturated rings. The third-order valence-electron chi connectivity index (χ3n) is 11.1. The van der Waals surface area contributed by atoms with Crippen LogP contribution in [0.15, 0.2) is 35.3 Å². The molecule has 4 aliphatic rings. The molecule has 2 aromatic rings. The topological polar surface area (TPSA) is 90.0 Å². The summed E-state index contributed by atoms with van der Waals surface area (Å²) in [4.78, 5) is 24.1. The van der Waals surface area contributed by atoms with Crippen molar-refractivity contribution in [2.75, 3.05) is 11.4 Å². The third kappa shape index (κ3) is 6.33. The van der Waals surface area contributed by atoms with Crippen LogP contribution < -0.4 is 16.1 Å². The van der Waals surface area contributed by atoms with Crippen LogP contribution in [0, 0.1) is 11.8 Å². The number of hydrogen-bond acceptors (Lipinski definition) is 5. The highest BCUT2D eigenvalue weighted by Gasteiger charge is 2.52. The fourth-order valence-electron chi connectivity index (χ4n) is 7.03. The molecule has 0 radical (unpaired) electrons. The number of pyridine rings is 1. The third-order valence-corrected chi connectivity index (χ3v) is 11.1. The highest BCUT2D eigenvalue weighted by Crippen LogP contribution is 2.45. The van der Waals surface area contributed by atoms with E-state index >= 15 is 0 Å². The number of aromatic nitrogens is 1. The molecule has 7 nitrogen and oxygen atoms in total. The van der Waals surface area contributed by atoms with Crippen LogP contribution in [0.25, 0.3) is 0 Å². The first-order valence-corrected chi connectivity index (χ1v) is 16.7. The van der Waals surface area contributed by atoms with Gasteiger partial charge in [-0.15, -0.1) is 0 Å². The van der Waals surface area contributed by atoms with Gasteiger partial charge in [0.1, 0.15) is 11.5 Å². The molecule has 3 heterocycles. The minimum Gasteiger partial charge on any atom is -0.399 e. The van der Waals surface area contributed by atoms with E-state index in [0.717, 1.165) is 30.1 Å². The molecule has 1 aromatic carbocycles. The van der Waals surface area contributed by atoms with Gasteiger partial charge < -0.3 is 19.9 Å². The number of nitrogens with two attached hydrogens (primary N) is 1. The van der Waals surface area contributed by atoms with Gasteiger partial charge in [0.05, 0.1) is 16.9 Å². The fraction of sp³-hybridized carbons (Fsp3) is 0.629. The second-order valence-corrected chi connectivity index (χ2v) is 15.2. The second-order valence-electron chi connectivity index (χ2n) is 15.2. The molecule has 11 heteroatoms. The summed E-state index contributed by atoms with van der Waals surface area (Å²) in [6, 6.07) is 8.83. The lowest BCUT2D eigenvalue weighted by Gasteiger charge is -2.40. The van der Waals surface area contributed by atoms with E-state index in [0.29, 0.717) is 43.7 Å².